The Balaban J connectivity index is 1.21. The molecule has 4 saturated carbocycles. The van der Waals surface area contributed by atoms with Crippen LogP contribution in [0.5, 0.6) is 5.75 Å². The number of hydrogen-bond donors (Lipinski definition) is 6. The summed E-state index contributed by atoms with van der Waals surface area (Å²) in [6, 6.07) is 14.5. The lowest BCUT2D eigenvalue weighted by Gasteiger charge is -2.61. The average molecular weight is 584 g/mol. The number of nitrogens with zero attached hydrogens (tertiary/aromatic N) is 4. The fourth-order valence-electron chi connectivity index (χ4n) is 8.78. The number of rotatable bonds is 11. The predicted molar refractivity (Wildman–Crippen MR) is 158 cm³/mol. The Labute approximate surface area is 248 Å². The van der Waals surface area contributed by atoms with Crippen LogP contribution in [0.3, 0.4) is 0 Å². The number of phenols is 1. The molecular weight excluding hydrogens is 546 g/mol. The van der Waals surface area contributed by atoms with E-state index in [0.29, 0.717) is 37.2 Å². The molecule has 0 saturated heterocycles. The average Bonchev–Trinajstić information content (AvgIpc) is 3.66. The maximum absolute atomic E-state index is 14.6. The molecule has 0 aliphatic heterocycles. The first kappa shape index (κ1) is 27.4. The van der Waals surface area contributed by atoms with Crippen molar-refractivity contribution in [2.45, 2.75) is 51.0 Å². The number of phenolic OH excluding ortho intramolecular Hbond substituents is 1. The minimum atomic E-state index is -0.675. The Kier molecular flexibility index (Phi) is 6.98. The summed E-state index contributed by atoms with van der Waals surface area (Å²) in [5.74, 6) is 0.806. The molecule has 0 spiro atoms. The van der Waals surface area contributed by atoms with Gasteiger partial charge in [0.2, 0.25) is 11.8 Å². The van der Waals surface area contributed by atoms with Crippen LogP contribution in [0.1, 0.15) is 43.4 Å². The fraction of sp³-hybridized carbons (Fsp3) is 0.484. The summed E-state index contributed by atoms with van der Waals surface area (Å²) in [6.07, 6.45) is 5.72. The van der Waals surface area contributed by atoms with Gasteiger partial charge in [0.05, 0.1) is 17.0 Å². The maximum Gasteiger partial charge on any atom is 0.263 e. The number of tetrazole rings is 1. The van der Waals surface area contributed by atoms with E-state index in [-0.39, 0.29) is 35.4 Å². The number of anilines is 1. The molecule has 2 heterocycles. The van der Waals surface area contributed by atoms with E-state index >= 15 is 0 Å². The van der Waals surface area contributed by atoms with Crippen LogP contribution in [0.25, 0.3) is 10.9 Å². The molecule has 2 aromatic carbocycles. The molecule has 4 aromatic rings. The van der Waals surface area contributed by atoms with Gasteiger partial charge in [-0.2, -0.15) is 10.3 Å². The van der Waals surface area contributed by atoms with Crippen LogP contribution in [-0.2, 0) is 22.4 Å². The predicted octanol–water partition coefficient (Wildman–Crippen LogP) is 2.71. The molecule has 2 amide bonds. The van der Waals surface area contributed by atoms with Crippen LogP contribution < -0.4 is 16.4 Å². The summed E-state index contributed by atoms with van der Waals surface area (Å²) in [7, 11) is 0. The molecule has 43 heavy (non-hydrogen) atoms. The van der Waals surface area contributed by atoms with Crippen LogP contribution in [-0.4, -0.2) is 60.3 Å². The van der Waals surface area contributed by atoms with E-state index < -0.39 is 11.3 Å². The number of benzene rings is 2. The van der Waals surface area contributed by atoms with E-state index in [1.54, 1.807) is 12.1 Å². The second-order valence-electron chi connectivity index (χ2n) is 12.9. The van der Waals surface area contributed by atoms with Crippen molar-refractivity contribution in [2.75, 3.05) is 11.9 Å². The van der Waals surface area contributed by atoms with E-state index in [9.17, 15) is 14.7 Å². The van der Waals surface area contributed by atoms with Gasteiger partial charge in [-0.3, -0.25) is 14.7 Å². The van der Waals surface area contributed by atoms with Gasteiger partial charge < -0.3 is 21.5 Å². The van der Waals surface area contributed by atoms with Crippen LogP contribution >= 0.6 is 0 Å². The van der Waals surface area contributed by atoms with E-state index in [0.717, 1.165) is 54.3 Å². The lowest BCUT2D eigenvalue weighted by atomic mass is 9.42. The molecule has 12 nitrogen and oxygen atoms in total. The second kappa shape index (κ2) is 11.0. The van der Waals surface area contributed by atoms with Gasteiger partial charge in [0.15, 0.2) is 0 Å². The highest BCUT2D eigenvalue weighted by Crippen LogP contribution is 2.64. The summed E-state index contributed by atoms with van der Waals surface area (Å²) in [6.45, 7) is 0.351. The Morgan fingerprint density at radius 2 is 1.79 bits per heavy atom. The quantitative estimate of drug-likeness (QED) is 0.155. The summed E-state index contributed by atoms with van der Waals surface area (Å²) in [5.41, 5.74) is 8.26. The summed E-state index contributed by atoms with van der Waals surface area (Å²) in [5, 5.41) is 39.1. The van der Waals surface area contributed by atoms with Crippen molar-refractivity contribution in [1.29, 1.82) is 0 Å². The highest BCUT2D eigenvalue weighted by atomic mass is 16.3. The van der Waals surface area contributed by atoms with Crippen LogP contribution in [0.15, 0.2) is 48.5 Å². The zero-order valence-corrected chi connectivity index (χ0v) is 23.9. The third kappa shape index (κ3) is 5.19. The van der Waals surface area contributed by atoms with Gasteiger partial charge in [-0.05, 0) is 91.2 Å². The number of fused-ring (bicyclic) bond motifs is 1. The number of nitrogens with two attached hydrogens (primary N) is 1. The number of amides is 2. The summed E-state index contributed by atoms with van der Waals surface area (Å²) >= 11 is 0. The minimum absolute atomic E-state index is 0.102. The molecule has 0 radical (unpaired) electrons. The molecule has 8 rings (SSSR count). The number of aromatic hydroxyl groups is 1. The van der Waals surface area contributed by atoms with Gasteiger partial charge in [-0.25, -0.2) is 0 Å². The molecule has 4 fully saturated rings. The van der Waals surface area contributed by atoms with Crippen LogP contribution in [0.2, 0.25) is 0 Å². The van der Waals surface area contributed by atoms with Crippen molar-refractivity contribution in [2.24, 2.45) is 40.7 Å². The van der Waals surface area contributed by atoms with Crippen molar-refractivity contribution in [1.82, 2.24) is 36.1 Å². The SMILES string of the molecule is NC(=O)C12CC3CC(CC(C3)C1[C@H](Cc1ccc(O)cc1)C(=O)N[C@H](CNc1nn[nH]n1)Cc1[nH]nc3ccccc13)C2. The Morgan fingerprint density at radius 1 is 1.02 bits per heavy atom. The molecule has 2 aromatic heterocycles. The van der Waals surface area contributed by atoms with E-state index in [4.69, 9.17) is 5.73 Å². The first-order valence-electron chi connectivity index (χ1n) is 15.2. The number of primary amides is 1. The molecule has 4 aliphatic rings. The van der Waals surface area contributed by atoms with Crippen LogP contribution in [0.4, 0.5) is 5.95 Å². The molecule has 4 bridgehead atoms. The van der Waals surface area contributed by atoms with Crippen molar-refractivity contribution in [3.05, 3.63) is 59.8 Å². The third-order valence-electron chi connectivity index (χ3n) is 10.2. The maximum atomic E-state index is 14.6. The van der Waals surface area contributed by atoms with Gasteiger partial charge in [-0.15, -0.1) is 5.10 Å². The molecular formula is C31H37N9O3. The molecule has 7 N–H and O–H groups in total. The standard InChI is InChI=1S/C31H37N9O3/c32-29(43)31-14-18-9-19(15-31)11-20(10-18)27(31)24(12-17-5-7-22(41)8-6-17)28(42)34-21(16-33-30-37-39-40-38-30)13-26-23-3-1-2-4-25(23)35-36-26/h1-8,18-21,24,27,41H,9-16H2,(H2,32,43)(H,34,42)(H,35,36)(H2,33,37,38,39,40)/t18?,19?,20?,21-,24-,27?,31?/m0/s1. The van der Waals surface area contributed by atoms with Gasteiger partial charge in [0.1, 0.15) is 5.75 Å². The van der Waals surface area contributed by atoms with Crippen molar-refractivity contribution < 1.29 is 14.7 Å². The number of carbonyl (C=O) groups excluding carboxylic acids is 2. The van der Waals surface area contributed by atoms with Gasteiger partial charge in [0, 0.05) is 30.0 Å². The van der Waals surface area contributed by atoms with Crippen LogP contribution in [0, 0.1) is 35.0 Å². The number of nitrogens with one attached hydrogen (secondary N) is 4. The molecule has 3 unspecified atom stereocenters. The Hall–Kier alpha value is -4.48. The normalized spacial score (nSPS) is 27.2. The fourth-order valence-corrected chi connectivity index (χ4v) is 8.78. The monoisotopic (exact) mass is 583 g/mol. The summed E-state index contributed by atoms with van der Waals surface area (Å²) in [4.78, 5) is 27.8. The molecule has 5 atom stereocenters. The highest BCUT2D eigenvalue weighted by molar-refractivity contribution is 5.85. The first-order valence-corrected chi connectivity index (χ1v) is 15.2. The lowest BCUT2D eigenvalue weighted by molar-refractivity contribution is -0.167. The minimum Gasteiger partial charge on any atom is -0.508 e. The largest absolute Gasteiger partial charge is 0.508 e. The summed E-state index contributed by atoms with van der Waals surface area (Å²) < 4.78 is 0. The van der Waals surface area contributed by atoms with Gasteiger partial charge in [0.25, 0.3) is 5.95 Å². The number of aromatic amines is 2. The van der Waals surface area contributed by atoms with E-state index in [1.807, 2.05) is 36.4 Å². The third-order valence-corrected chi connectivity index (χ3v) is 10.2. The second-order valence-corrected chi connectivity index (χ2v) is 12.9. The lowest BCUT2D eigenvalue weighted by Crippen LogP contribution is -2.62. The number of aromatic nitrogens is 6. The molecule has 224 valence electrons. The first-order chi connectivity index (χ1) is 20.9. The Bertz CT molecular complexity index is 1590. The molecule has 12 heteroatoms. The zero-order valence-electron chi connectivity index (χ0n) is 23.9. The topological polar surface area (TPSA) is 188 Å². The highest BCUT2D eigenvalue weighted by Gasteiger charge is 2.62. The van der Waals surface area contributed by atoms with E-state index in [1.165, 1.54) is 0 Å². The van der Waals surface area contributed by atoms with E-state index in [2.05, 4.69) is 41.5 Å². The number of para-hydroxylation sites is 1. The van der Waals surface area contributed by atoms with Gasteiger partial charge in [-0.1, -0.05) is 35.4 Å². The Morgan fingerprint density at radius 3 is 2.51 bits per heavy atom. The van der Waals surface area contributed by atoms with Gasteiger partial charge >= 0.3 is 0 Å². The zero-order chi connectivity index (χ0) is 29.6. The number of hydrogen-bond acceptors (Lipinski definition) is 8. The molecule has 4 aliphatic carbocycles. The van der Waals surface area contributed by atoms with Crippen molar-refractivity contribution in [3.8, 4) is 5.75 Å². The van der Waals surface area contributed by atoms with Crippen molar-refractivity contribution in [3.63, 3.8) is 0 Å². The number of H-pyrrole nitrogens is 2. The van der Waals surface area contributed by atoms with Crippen molar-refractivity contribution >= 4 is 28.7 Å². The number of carbonyl (C=O) groups is 2. The smallest absolute Gasteiger partial charge is 0.263 e.